The van der Waals surface area contributed by atoms with Crippen molar-refractivity contribution in [1.82, 2.24) is 8.96 Å². The molecule has 2 aromatic heterocycles. The van der Waals surface area contributed by atoms with Crippen molar-refractivity contribution < 1.29 is 12.8 Å². The standard InChI is InChI=1S/C17H12N2O3S/c20-23(21,13-6-2-1-3-7-13)19-11-10-18-17(19)15-12-22-16-9-5-4-8-14(15)16/h1-12H. The number of nitrogens with zero attached hydrogens (tertiary/aromatic N) is 2. The zero-order valence-corrected chi connectivity index (χ0v) is 12.8. The van der Waals surface area contributed by atoms with Gasteiger partial charge in [0.1, 0.15) is 11.8 Å². The van der Waals surface area contributed by atoms with E-state index in [4.69, 9.17) is 4.42 Å². The number of aromatic nitrogens is 2. The third kappa shape index (κ3) is 2.15. The molecule has 2 heterocycles. The lowest BCUT2D eigenvalue weighted by atomic mass is 10.2. The average Bonchev–Trinajstić information content (AvgIpc) is 3.22. The Bertz CT molecular complexity index is 1080. The Kier molecular flexibility index (Phi) is 3.06. The number of fused-ring (bicyclic) bond motifs is 1. The van der Waals surface area contributed by atoms with E-state index in [0.29, 0.717) is 17.0 Å². The van der Waals surface area contributed by atoms with Crippen LogP contribution in [-0.4, -0.2) is 17.4 Å². The van der Waals surface area contributed by atoms with E-state index in [-0.39, 0.29) is 4.90 Å². The van der Waals surface area contributed by atoms with E-state index in [1.54, 1.807) is 30.3 Å². The maximum atomic E-state index is 12.8. The molecular weight excluding hydrogens is 312 g/mol. The molecule has 4 aromatic rings. The molecule has 6 heteroatoms. The minimum Gasteiger partial charge on any atom is -0.464 e. The van der Waals surface area contributed by atoms with E-state index in [2.05, 4.69) is 4.98 Å². The van der Waals surface area contributed by atoms with Crippen molar-refractivity contribution in [3.8, 4) is 11.4 Å². The lowest BCUT2D eigenvalue weighted by Gasteiger charge is -2.08. The van der Waals surface area contributed by atoms with E-state index >= 15 is 0 Å². The maximum absolute atomic E-state index is 12.8. The third-order valence-electron chi connectivity index (χ3n) is 3.63. The largest absolute Gasteiger partial charge is 0.464 e. The van der Waals surface area contributed by atoms with E-state index in [1.807, 2.05) is 24.3 Å². The Hall–Kier alpha value is -2.86. The highest BCUT2D eigenvalue weighted by Crippen LogP contribution is 2.31. The molecule has 0 N–H and O–H groups in total. The molecule has 0 aliphatic heterocycles. The summed E-state index contributed by atoms with van der Waals surface area (Å²) in [6.45, 7) is 0. The third-order valence-corrected chi connectivity index (χ3v) is 5.31. The van der Waals surface area contributed by atoms with Crippen LogP contribution in [0, 0.1) is 0 Å². The zero-order valence-electron chi connectivity index (χ0n) is 12.0. The smallest absolute Gasteiger partial charge is 0.269 e. The molecule has 0 fully saturated rings. The molecule has 0 amide bonds. The quantitative estimate of drug-likeness (QED) is 0.578. The summed E-state index contributed by atoms with van der Waals surface area (Å²) in [5.41, 5.74) is 1.33. The van der Waals surface area contributed by atoms with E-state index in [0.717, 1.165) is 5.39 Å². The molecule has 0 bridgehead atoms. The number of rotatable bonds is 3. The average molecular weight is 324 g/mol. The second-order valence-electron chi connectivity index (χ2n) is 5.01. The first-order chi connectivity index (χ1) is 11.2. The number of para-hydroxylation sites is 1. The van der Waals surface area contributed by atoms with Gasteiger partial charge in [-0.25, -0.2) is 17.4 Å². The predicted octanol–water partition coefficient (Wildman–Crippen LogP) is 3.53. The summed E-state index contributed by atoms with van der Waals surface area (Å²) in [6.07, 6.45) is 4.45. The van der Waals surface area contributed by atoms with Gasteiger partial charge in [0.2, 0.25) is 0 Å². The molecule has 23 heavy (non-hydrogen) atoms. The highest BCUT2D eigenvalue weighted by Gasteiger charge is 2.22. The van der Waals surface area contributed by atoms with Crippen LogP contribution in [0.1, 0.15) is 0 Å². The van der Waals surface area contributed by atoms with E-state index < -0.39 is 10.0 Å². The summed E-state index contributed by atoms with van der Waals surface area (Å²) in [6, 6.07) is 15.7. The van der Waals surface area contributed by atoms with Crippen LogP contribution in [0.4, 0.5) is 0 Å². The number of imidazole rings is 1. The normalized spacial score (nSPS) is 11.8. The molecule has 0 saturated heterocycles. The van der Waals surface area contributed by atoms with Crippen molar-refractivity contribution in [2.45, 2.75) is 4.90 Å². The summed E-state index contributed by atoms with van der Waals surface area (Å²) in [7, 11) is -3.71. The zero-order chi connectivity index (χ0) is 15.9. The molecule has 5 nitrogen and oxygen atoms in total. The van der Waals surface area contributed by atoms with Crippen LogP contribution in [0.25, 0.3) is 22.4 Å². The molecule has 2 aromatic carbocycles. The monoisotopic (exact) mass is 324 g/mol. The molecule has 0 aliphatic carbocycles. The van der Waals surface area contributed by atoms with Gasteiger partial charge in [-0.1, -0.05) is 36.4 Å². The van der Waals surface area contributed by atoms with Gasteiger partial charge in [0.15, 0.2) is 5.82 Å². The van der Waals surface area contributed by atoms with Crippen molar-refractivity contribution in [2.24, 2.45) is 0 Å². The van der Waals surface area contributed by atoms with Crippen molar-refractivity contribution >= 4 is 21.0 Å². The fourth-order valence-corrected chi connectivity index (χ4v) is 3.85. The van der Waals surface area contributed by atoms with Crippen LogP contribution in [0.2, 0.25) is 0 Å². The van der Waals surface area contributed by atoms with Gasteiger partial charge in [-0.2, -0.15) is 0 Å². The summed E-state index contributed by atoms with van der Waals surface area (Å²) in [5.74, 6) is 0.332. The second kappa shape index (κ2) is 5.10. The number of hydrogen-bond donors (Lipinski definition) is 0. The Balaban J connectivity index is 1.93. The van der Waals surface area contributed by atoms with Gasteiger partial charge in [-0.15, -0.1) is 0 Å². The Labute approximate surface area is 132 Å². The molecule has 0 unspecified atom stereocenters. The fourth-order valence-electron chi connectivity index (χ4n) is 2.53. The van der Waals surface area contributed by atoms with Crippen LogP contribution in [-0.2, 0) is 10.0 Å². The minimum atomic E-state index is -3.71. The van der Waals surface area contributed by atoms with Crippen LogP contribution in [0.3, 0.4) is 0 Å². The predicted molar refractivity (Wildman–Crippen MR) is 86.5 cm³/mol. The van der Waals surface area contributed by atoms with Gasteiger partial charge in [0.05, 0.1) is 10.5 Å². The van der Waals surface area contributed by atoms with E-state index in [9.17, 15) is 8.42 Å². The first-order valence-electron chi connectivity index (χ1n) is 6.98. The maximum Gasteiger partial charge on any atom is 0.269 e. The van der Waals surface area contributed by atoms with Crippen LogP contribution in [0.5, 0.6) is 0 Å². The van der Waals surface area contributed by atoms with Crippen LogP contribution in [0.15, 0.2) is 82.6 Å². The number of furan rings is 1. The van der Waals surface area contributed by atoms with Gasteiger partial charge in [-0.3, -0.25) is 0 Å². The lowest BCUT2D eigenvalue weighted by molar-refractivity contribution is 0.587. The van der Waals surface area contributed by atoms with Crippen LogP contribution >= 0.6 is 0 Å². The van der Waals surface area contributed by atoms with Crippen molar-refractivity contribution in [2.75, 3.05) is 0 Å². The molecule has 0 spiro atoms. The summed E-state index contributed by atoms with van der Waals surface area (Å²) in [5, 5.41) is 0.822. The summed E-state index contributed by atoms with van der Waals surface area (Å²) >= 11 is 0. The molecule has 0 atom stereocenters. The van der Waals surface area contributed by atoms with Gasteiger partial charge < -0.3 is 4.42 Å². The minimum absolute atomic E-state index is 0.215. The topological polar surface area (TPSA) is 65.1 Å². The molecule has 0 aliphatic rings. The van der Waals surface area contributed by atoms with Crippen molar-refractivity contribution in [1.29, 1.82) is 0 Å². The summed E-state index contributed by atoms with van der Waals surface area (Å²) < 4.78 is 32.4. The lowest BCUT2D eigenvalue weighted by Crippen LogP contribution is -2.13. The van der Waals surface area contributed by atoms with Gasteiger partial charge >= 0.3 is 0 Å². The second-order valence-corrected chi connectivity index (χ2v) is 6.83. The van der Waals surface area contributed by atoms with Crippen molar-refractivity contribution in [3.63, 3.8) is 0 Å². The summed E-state index contributed by atoms with van der Waals surface area (Å²) in [4.78, 5) is 4.44. The Morgan fingerprint density at radius 1 is 0.957 bits per heavy atom. The highest BCUT2D eigenvalue weighted by atomic mass is 32.2. The Morgan fingerprint density at radius 3 is 2.52 bits per heavy atom. The van der Waals surface area contributed by atoms with E-state index in [1.165, 1.54) is 22.6 Å². The molecular formula is C17H12N2O3S. The fraction of sp³-hybridized carbons (Fsp3) is 0. The molecule has 4 rings (SSSR count). The molecule has 0 saturated carbocycles. The van der Waals surface area contributed by atoms with Crippen molar-refractivity contribution in [3.05, 3.63) is 73.3 Å². The molecule has 114 valence electrons. The highest BCUT2D eigenvalue weighted by molar-refractivity contribution is 7.90. The van der Waals surface area contributed by atoms with Gasteiger partial charge in [0.25, 0.3) is 10.0 Å². The number of hydrogen-bond acceptors (Lipinski definition) is 4. The Morgan fingerprint density at radius 2 is 1.70 bits per heavy atom. The SMILES string of the molecule is O=S(=O)(c1ccccc1)n1ccnc1-c1coc2ccccc12. The van der Waals surface area contributed by atoms with Crippen LogP contribution < -0.4 is 0 Å². The first kappa shape index (κ1) is 13.8. The molecule has 0 radical (unpaired) electrons. The number of benzene rings is 2. The first-order valence-corrected chi connectivity index (χ1v) is 8.42. The van der Waals surface area contributed by atoms with Gasteiger partial charge in [-0.05, 0) is 18.2 Å². The van der Waals surface area contributed by atoms with Gasteiger partial charge in [0, 0.05) is 17.8 Å².